The molecule has 1 aliphatic heterocycles. The number of likely N-dealkylation sites (tertiary alicyclic amines) is 1. The third kappa shape index (κ3) is 4.10. The second kappa shape index (κ2) is 6.22. The van der Waals surface area contributed by atoms with E-state index in [-0.39, 0.29) is 5.56 Å². The van der Waals surface area contributed by atoms with Crippen LogP contribution in [0.4, 0.5) is 0 Å². The molecule has 0 spiro atoms. The quantitative estimate of drug-likeness (QED) is 0.917. The van der Waals surface area contributed by atoms with Gasteiger partial charge in [-0.15, -0.1) is 0 Å². The van der Waals surface area contributed by atoms with Gasteiger partial charge in [0.2, 0.25) is 0 Å². The molecule has 0 amide bonds. The molecule has 1 aromatic heterocycles. The molecule has 1 aliphatic rings. The van der Waals surface area contributed by atoms with Gasteiger partial charge in [0.15, 0.2) is 0 Å². The van der Waals surface area contributed by atoms with E-state index < -0.39 is 5.97 Å². The van der Waals surface area contributed by atoms with Crippen molar-refractivity contribution in [3.63, 3.8) is 0 Å². The van der Waals surface area contributed by atoms with E-state index in [1.807, 2.05) is 0 Å². The highest BCUT2D eigenvalue weighted by molar-refractivity contribution is 5.88. The molecule has 2 rings (SSSR count). The van der Waals surface area contributed by atoms with E-state index in [4.69, 9.17) is 9.52 Å². The number of carbonyl (C=O) groups is 1. The highest BCUT2D eigenvalue weighted by Gasteiger charge is 2.27. The van der Waals surface area contributed by atoms with Gasteiger partial charge >= 0.3 is 5.97 Å². The van der Waals surface area contributed by atoms with Crippen LogP contribution in [0, 0.1) is 18.3 Å². The molecule has 0 saturated carbocycles. The molecule has 21 heavy (non-hydrogen) atoms. The first-order chi connectivity index (χ1) is 9.77. The average Bonchev–Trinajstić information content (AvgIpc) is 2.58. The second-order valence-corrected chi connectivity index (χ2v) is 7.26. The van der Waals surface area contributed by atoms with Gasteiger partial charge in [-0.05, 0) is 56.7 Å². The lowest BCUT2D eigenvalue weighted by molar-refractivity contribution is 0.0695. The molecule has 1 fully saturated rings. The summed E-state index contributed by atoms with van der Waals surface area (Å²) in [7, 11) is 0. The summed E-state index contributed by atoms with van der Waals surface area (Å²) in [6.07, 6.45) is 3.68. The third-order valence-corrected chi connectivity index (χ3v) is 4.62. The molecule has 0 aromatic carbocycles. The first-order valence-electron chi connectivity index (χ1n) is 7.82. The number of carboxylic acids is 1. The number of carboxylic acid groups (broad SMARTS) is 1. The SMILES string of the molecule is Cc1oc(CN2CCCC(C(C)(C)C)CC2)cc1C(=O)O. The minimum atomic E-state index is -0.911. The summed E-state index contributed by atoms with van der Waals surface area (Å²) >= 11 is 0. The fourth-order valence-corrected chi connectivity index (χ4v) is 3.23. The topological polar surface area (TPSA) is 53.7 Å². The number of nitrogens with zero attached hydrogens (tertiary/aromatic N) is 1. The number of furan rings is 1. The predicted molar refractivity (Wildman–Crippen MR) is 82.5 cm³/mol. The van der Waals surface area contributed by atoms with Gasteiger partial charge in [-0.3, -0.25) is 4.90 Å². The van der Waals surface area contributed by atoms with Crippen molar-refractivity contribution < 1.29 is 14.3 Å². The Morgan fingerprint density at radius 2 is 2.10 bits per heavy atom. The van der Waals surface area contributed by atoms with Gasteiger partial charge in [0.05, 0.1) is 6.54 Å². The Bertz CT molecular complexity index is 499. The molecule has 0 radical (unpaired) electrons. The molecular formula is C17H27NO3. The summed E-state index contributed by atoms with van der Waals surface area (Å²) in [6.45, 7) is 11.5. The van der Waals surface area contributed by atoms with E-state index in [0.717, 1.165) is 24.8 Å². The summed E-state index contributed by atoms with van der Waals surface area (Å²) in [5, 5.41) is 9.08. The zero-order chi connectivity index (χ0) is 15.6. The van der Waals surface area contributed by atoms with Crippen LogP contribution in [0.5, 0.6) is 0 Å². The Hall–Kier alpha value is -1.29. The number of rotatable bonds is 3. The van der Waals surface area contributed by atoms with Crippen LogP contribution in [-0.4, -0.2) is 29.1 Å². The predicted octanol–water partition coefficient (Wildman–Crippen LogP) is 3.93. The summed E-state index contributed by atoms with van der Waals surface area (Å²) in [5.41, 5.74) is 0.653. The average molecular weight is 293 g/mol. The zero-order valence-electron chi connectivity index (χ0n) is 13.6. The van der Waals surface area contributed by atoms with E-state index in [0.29, 0.717) is 17.7 Å². The van der Waals surface area contributed by atoms with Gasteiger partial charge in [-0.25, -0.2) is 4.79 Å². The Morgan fingerprint density at radius 3 is 2.67 bits per heavy atom. The van der Waals surface area contributed by atoms with Crippen LogP contribution in [0.15, 0.2) is 10.5 Å². The molecule has 0 bridgehead atoms. The normalized spacial score (nSPS) is 21.2. The second-order valence-electron chi connectivity index (χ2n) is 7.26. The van der Waals surface area contributed by atoms with Crippen LogP contribution < -0.4 is 0 Å². The summed E-state index contributed by atoms with van der Waals surface area (Å²) < 4.78 is 5.59. The monoisotopic (exact) mass is 293 g/mol. The van der Waals surface area contributed by atoms with E-state index in [1.165, 1.54) is 19.3 Å². The van der Waals surface area contributed by atoms with Crippen molar-refractivity contribution in [1.29, 1.82) is 0 Å². The lowest BCUT2D eigenvalue weighted by Gasteiger charge is -2.29. The van der Waals surface area contributed by atoms with Crippen molar-refractivity contribution in [3.8, 4) is 0 Å². The van der Waals surface area contributed by atoms with Crippen LogP contribution in [0.2, 0.25) is 0 Å². The van der Waals surface area contributed by atoms with E-state index in [1.54, 1.807) is 13.0 Å². The van der Waals surface area contributed by atoms with Crippen LogP contribution in [0.1, 0.15) is 61.9 Å². The minimum Gasteiger partial charge on any atom is -0.478 e. The van der Waals surface area contributed by atoms with E-state index in [2.05, 4.69) is 25.7 Å². The Morgan fingerprint density at radius 1 is 1.38 bits per heavy atom. The Balaban J connectivity index is 1.98. The summed E-state index contributed by atoms with van der Waals surface area (Å²) in [4.78, 5) is 13.4. The molecule has 1 unspecified atom stereocenters. The van der Waals surface area contributed by atoms with Crippen molar-refractivity contribution in [2.75, 3.05) is 13.1 Å². The Labute approximate surface area is 127 Å². The van der Waals surface area contributed by atoms with Crippen molar-refractivity contribution >= 4 is 5.97 Å². The van der Waals surface area contributed by atoms with Crippen molar-refractivity contribution in [1.82, 2.24) is 4.90 Å². The van der Waals surface area contributed by atoms with E-state index >= 15 is 0 Å². The standard InChI is InChI=1S/C17H27NO3/c1-12-15(16(19)20)10-14(21-12)11-18-8-5-6-13(7-9-18)17(2,3)4/h10,13H,5-9,11H2,1-4H3,(H,19,20). The van der Waals surface area contributed by atoms with Crippen LogP contribution in [-0.2, 0) is 6.54 Å². The largest absolute Gasteiger partial charge is 0.478 e. The van der Waals surface area contributed by atoms with Gasteiger partial charge in [0, 0.05) is 0 Å². The molecular weight excluding hydrogens is 266 g/mol. The molecule has 4 nitrogen and oxygen atoms in total. The summed E-state index contributed by atoms with van der Waals surface area (Å²) in [5.74, 6) is 1.11. The lowest BCUT2D eigenvalue weighted by Crippen LogP contribution is -2.25. The van der Waals surface area contributed by atoms with Crippen LogP contribution >= 0.6 is 0 Å². The fraction of sp³-hybridized carbons (Fsp3) is 0.706. The van der Waals surface area contributed by atoms with Gasteiger partial charge in [-0.1, -0.05) is 20.8 Å². The van der Waals surface area contributed by atoms with Gasteiger partial charge in [0.25, 0.3) is 0 Å². The number of aromatic carboxylic acids is 1. The molecule has 1 N–H and O–H groups in total. The maximum atomic E-state index is 11.1. The maximum Gasteiger partial charge on any atom is 0.339 e. The first kappa shape index (κ1) is 16.1. The van der Waals surface area contributed by atoms with Gasteiger partial charge in [0.1, 0.15) is 17.1 Å². The first-order valence-corrected chi connectivity index (χ1v) is 7.82. The smallest absolute Gasteiger partial charge is 0.339 e. The van der Waals surface area contributed by atoms with E-state index in [9.17, 15) is 4.79 Å². The molecule has 2 heterocycles. The molecule has 118 valence electrons. The highest BCUT2D eigenvalue weighted by Crippen LogP contribution is 2.34. The summed E-state index contributed by atoms with van der Waals surface area (Å²) in [6, 6.07) is 1.67. The number of hydrogen-bond acceptors (Lipinski definition) is 3. The van der Waals surface area contributed by atoms with Crippen LogP contribution in [0.25, 0.3) is 0 Å². The lowest BCUT2D eigenvalue weighted by atomic mass is 9.77. The maximum absolute atomic E-state index is 11.1. The third-order valence-electron chi connectivity index (χ3n) is 4.62. The van der Waals surface area contributed by atoms with Gasteiger partial charge in [-0.2, -0.15) is 0 Å². The molecule has 1 saturated heterocycles. The van der Waals surface area contributed by atoms with Crippen LogP contribution in [0.3, 0.4) is 0 Å². The van der Waals surface area contributed by atoms with Crippen molar-refractivity contribution in [2.45, 2.75) is 53.5 Å². The molecule has 0 aliphatic carbocycles. The zero-order valence-corrected chi connectivity index (χ0v) is 13.6. The Kier molecular flexibility index (Phi) is 4.77. The molecule has 1 atom stereocenters. The van der Waals surface area contributed by atoms with Crippen molar-refractivity contribution in [3.05, 3.63) is 23.2 Å². The fourth-order valence-electron chi connectivity index (χ4n) is 3.23. The molecule has 4 heteroatoms. The van der Waals surface area contributed by atoms with Crippen molar-refractivity contribution in [2.24, 2.45) is 11.3 Å². The van der Waals surface area contributed by atoms with Gasteiger partial charge < -0.3 is 9.52 Å². The molecule has 1 aromatic rings. The highest BCUT2D eigenvalue weighted by atomic mass is 16.4. The number of aryl methyl sites for hydroxylation is 1. The minimum absolute atomic E-state index is 0.285. The number of hydrogen-bond donors (Lipinski definition) is 1.